The van der Waals surface area contributed by atoms with E-state index in [9.17, 15) is 4.79 Å². The van der Waals surface area contributed by atoms with E-state index in [1.54, 1.807) is 28.9 Å². The lowest BCUT2D eigenvalue weighted by Crippen LogP contribution is -2.00. The predicted octanol–water partition coefficient (Wildman–Crippen LogP) is 2.00. The molecule has 0 aliphatic rings. The summed E-state index contributed by atoms with van der Waals surface area (Å²) in [5, 5.41) is 8.91. The third-order valence-corrected chi connectivity index (χ3v) is 2.69. The molecule has 0 unspecified atom stereocenters. The zero-order chi connectivity index (χ0) is 12.7. The van der Waals surface area contributed by atoms with Gasteiger partial charge in [-0.25, -0.2) is 14.8 Å². The Kier molecular flexibility index (Phi) is 2.16. The van der Waals surface area contributed by atoms with Crippen LogP contribution in [-0.4, -0.2) is 25.4 Å². The van der Waals surface area contributed by atoms with Crippen LogP contribution >= 0.6 is 0 Å². The Morgan fingerprint density at radius 1 is 1.44 bits per heavy atom. The van der Waals surface area contributed by atoms with Gasteiger partial charge in [0.15, 0.2) is 5.76 Å². The van der Waals surface area contributed by atoms with E-state index in [2.05, 4.69) is 9.97 Å². The molecule has 0 spiro atoms. The number of hydrogen-bond acceptors (Lipinski definition) is 4. The van der Waals surface area contributed by atoms with Gasteiger partial charge in [0.1, 0.15) is 11.4 Å². The number of hydrogen-bond donors (Lipinski definition) is 1. The van der Waals surface area contributed by atoms with Crippen molar-refractivity contribution in [2.75, 3.05) is 0 Å². The zero-order valence-electron chi connectivity index (χ0n) is 9.49. The number of oxazole rings is 1. The van der Waals surface area contributed by atoms with Gasteiger partial charge in [0, 0.05) is 12.4 Å². The van der Waals surface area contributed by atoms with E-state index in [1.165, 1.54) is 6.07 Å². The van der Waals surface area contributed by atoms with Gasteiger partial charge in [-0.05, 0) is 19.1 Å². The van der Waals surface area contributed by atoms with Crippen LogP contribution in [0.25, 0.3) is 17.3 Å². The van der Waals surface area contributed by atoms with Crippen LogP contribution in [0.1, 0.15) is 16.2 Å². The maximum absolute atomic E-state index is 10.9. The standard InChI is InChI=1S/C12H9N3O3/c1-7-10(18-12-13-5-6-15(7)12)8-3-2-4-9(14-8)11(16)17/h2-6H,1H3,(H,16,17). The number of aryl methyl sites for hydroxylation is 1. The quantitative estimate of drug-likeness (QED) is 0.744. The highest BCUT2D eigenvalue weighted by molar-refractivity contribution is 5.86. The van der Waals surface area contributed by atoms with Crippen molar-refractivity contribution in [2.45, 2.75) is 6.92 Å². The van der Waals surface area contributed by atoms with Crippen molar-refractivity contribution in [3.63, 3.8) is 0 Å². The van der Waals surface area contributed by atoms with E-state index in [4.69, 9.17) is 9.52 Å². The minimum Gasteiger partial charge on any atom is -0.477 e. The van der Waals surface area contributed by atoms with Crippen molar-refractivity contribution in [1.82, 2.24) is 14.4 Å². The fourth-order valence-corrected chi connectivity index (χ4v) is 1.81. The Hall–Kier alpha value is -2.63. The Morgan fingerprint density at radius 2 is 2.28 bits per heavy atom. The highest BCUT2D eigenvalue weighted by Crippen LogP contribution is 2.25. The molecule has 0 saturated heterocycles. The van der Waals surface area contributed by atoms with Gasteiger partial charge in [0.05, 0.1) is 5.69 Å². The molecule has 0 atom stereocenters. The molecule has 90 valence electrons. The van der Waals surface area contributed by atoms with Crippen molar-refractivity contribution in [3.8, 4) is 11.5 Å². The molecular formula is C12H9N3O3. The number of pyridine rings is 1. The third-order valence-electron chi connectivity index (χ3n) is 2.69. The van der Waals surface area contributed by atoms with Gasteiger partial charge in [0.25, 0.3) is 0 Å². The summed E-state index contributed by atoms with van der Waals surface area (Å²) in [7, 11) is 0. The highest BCUT2D eigenvalue weighted by Gasteiger charge is 2.15. The number of carbonyl (C=O) groups is 1. The fourth-order valence-electron chi connectivity index (χ4n) is 1.81. The topological polar surface area (TPSA) is 80.6 Å². The normalized spacial score (nSPS) is 10.9. The highest BCUT2D eigenvalue weighted by atomic mass is 16.4. The van der Waals surface area contributed by atoms with Gasteiger partial charge < -0.3 is 9.52 Å². The molecule has 3 aromatic rings. The lowest BCUT2D eigenvalue weighted by Gasteiger charge is -1.99. The van der Waals surface area contributed by atoms with Crippen molar-refractivity contribution in [1.29, 1.82) is 0 Å². The van der Waals surface area contributed by atoms with E-state index in [0.29, 0.717) is 17.3 Å². The van der Waals surface area contributed by atoms with E-state index in [-0.39, 0.29) is 5.69 Å². The summed E-state index contributed by atoms with van der Waals surface area (Å²) in [5.74, 6) is -0.0722. The van der Waals surface area contributed by atoms with Crippen LogP contribution in [0.15, 0.2) is 35.0 Å². The van der Waals surface area contributed by atoms with Gasteiger partial charge in [-0.1, -0.05) is 6.07 Å². The Bertz CT molecular complexity index is 742. The molecule has 0 aliphatic heterocycles. The summed E-state index contributed by atoms with van der Waals surface area (Å²) in [6.45, 7) is 1.86. The maximum Gasteiger partial charge on any atom is 0.354 e. The lowest BCUT2D eigenvalue weighted by molar-refractivity contribution is 0.0690. The molecule has 6 heteroatoms. The van der Waals surface area contributed by atoms with Crippen LogP contribution in [0.2, 0.25) is 0 Å². The number of rotatable bonds is 2. The van der Waals surface area contributed by atoms with Gasteiger partial charge >= 0.3 is 11.8 Å². The molecule has 0 amide bonds. The van der Waals surface area contributed by atoms with Gasteiger partial charge in [-0.3, -0.25) is 4.40 Å². The Morgan fingerprint density at radius 3 is 3.00 bits per heavy atom. The van der Waals surface area contributed by atoms with Crippen LogP contribution in [0.5, 0.6) is 0 Å². The van der Waals surface area contributed by atoms with Crippen LogP contribution < -0.4 is 0 Å². The predicted molar refractivity (Wildman–Crippen MR) is 62.4 cm³/mol. The van der Waals surface area contributed by atoms with Crippen molar-refractivity contribution in [3.05, 3.63) is 42.0 Å². The van der Waals surface area contributed by atoms with Crippen LogP contribution in [0.3, 0.4) is 0 Å². The van der Waals surface area contributed by atoms with Gasteiger partial charge in [-0.2, -0.15) is 0 Å². The number of aromatic carboxylic acids is 1. The van der Waals surface area contributed by atoms with Crippen molar-refractivity contribution >= 4 is 11.8 Å². The molecule has 1 N–H and O–H groups in total. The maximum atomic E-state index is 10.9. The third kappa shape index (κ3) is 1.46. The molecule has 0 radical (unpaired) electrons. The minimum atomic E-state index is -1.06. The minimum absolute atomic E-state index is 0.0130. The average molecular weight is 243 g/mol. The summed E-state index contributed by atoms with van der Waals surface area (Å²) >= 11 is 0. The van der Waals surface area contributed by atoms with E-state index < -0.39 is 5.97 Å². The first-order valence-electron chi connectivity index (χ1n) is 5.30. The molecule has 0 fully saturated rings. The molecule has 0 saturated carbocycles. The molecule has 0 bridgehead atoms. The summed E-state index contributed by atoms with van der Waals surface area (Å²) in [6.07, 6.45) is 3.41. The van der Waals surface area contributed by atoms with E-state index in [0.717, 1.165) is 5.69 Å². The number of aromatic nitrogens is 3. The first kappa shape index (κ1) is 10.5. The second kappa shape index (κ2) is 3.69. The zero-order valence-corrected chi connectivity index (χ0v) is 9.49. The average Bonchev–Trinajstić information content (AvgIpc) is 2.93. The molecule has 6 nitrogen and oxygen atoms in total. The fraction of sp³-hybridized carbons (Fsp3) is 0.0833. The lowest BCUT2D eigenvalue weighted by atomic mass is 10.2. The molecule has 0 aromatic carbocycles. The summed E-state index contributed by atoms with van der Waals surface area (Å²) < 4.78 is 7.34. The second-order valence-corrected chi connectivity index (χ2v) is 3.81. The Labute approximate surface area is 102 Å². The molecular weight excluding hydrogens is 234 g/mol. The first-order valence-corrected chi connectivity index (χ1v) is 5.30. The van der Waals surface area contributed by atoms with Crippen molar-refractivity contribution < 1.29 is 14.3 Å². The first-order chi connectivity index (χ1) is 8.66. The monoisotopic (exact) mass is 243 g/mol. The SMILES string of the molecule is Cc1c(-c2cccc(C(=O)O)n2)oc2nccn12. The second-order valence-electron chi connectivity index (χ2n) is 3.81. The molecule has 0 aliphatic carbocycles. The van der Waals surface area contributed by atoms with E-state index >= 15 is 0 Å². The van der Waals surface area contributed by atoms with Crippen LogP contribution in [0.4, 0.5) is 0 Å². The smallest absolute Gasteiger partial charge is 0.354 e. The largest absolute Gasteiger partial charge is 0.477 e. The molecule has 3 rings (SSSR count). The van der Waals surface area contributed by atoms with E-state index in [1.807, 2.05) is 6.92 Å². The van der Waals surface area contributed by atoms with Gasteiger partial charge in [0.2, 0.25) is 0 Å². The Balaban J connectivity index is 2.19. The number of imidazole rings is 1. The molecule has 18 heavy (non-hydrogen) atoms. The van der Waals surface area contributed by atoms with Crippen LogP contribution in [-0.2, 0) is 0 Å². The molecule has 3 aromatic heterocycles. The number of carboxylic acids is 1. The molecule has 3 heterocycles. The number of carboxylic acid groups (broad SMARTS) is 1. The summed E-state index contributed by atoms with van der Waals surface area (Å²) in [4.78, 5) is 19.0. The van der Waals surface area contributed by atoms with Crippen molar-refractivity contribution in [2.24, 2.45) is 0 Å². The van der Waals surface area contributed by atoms with Crippen LogP contribution in [0, 0.1) is 6.92 Å². The number of fused-ring (bicyclic) bond motifs is 1. The summed E-state index contributed by atoms with van der Waals surface area (Å²) in [5.41, 5.74) is 1.30. The number of nitrogens with zero attached hydrogens (tertiary/aromatic N) is 3. The summed E-state index contributed by atoms with van der Waals surface area (Å²) in [6, 6.07) is 4.78. The van der Waals surface area contributed by atoms with Gasteiger partial charge in [-0.15, -0.1) is 0 Å².